The highest BCUT2D eigenvalue weighted by molar-refractivity contribution is 5.68. The van der Waals surface area contributed by atoms with Crippen LogP contribution in [0.5, 0.6) is 5.75 Å². The van der Waals surface area contributed by atoms with Gasteiger partial charge in [0, 0.05) is 21.1 Å². The van der Waals surface area contributed by atoms with Gasteiger partial charge >= 0.3 is 6.09 Å². The van der Waals surface area contributed by atoms with E-state index in [1.54, 1.807) is 27.2 Å². The van der Waals surface area contributed by atoms with Crippen LogP contribution in [0.25, 0.3) is 5.70 Å². The number of nitrogens with zero attached hydrogens (tertiary/aromatic N) is 3. The molecule has 1 aliphatic rings. The van der Waals surface area contributed by atoms with Gasteiger partial charge < -0.3 is 25.1 Å². The predicted molar refractivity (Wildman–Crippen MR) is 105 cm³/mol. The number of carbonyl (C=O) groups excluding carboxylic acids is 1. The van der Waals surface area contributed by atoms with Crippen LogP contribution >= 0.6 is 0 Å². The standard InChI is InChI=1S/C19H31N5O3/c1-13-17(27-14-8-6-5-7-9-14)11-10-15(22-13)18(20)16(24(4)21)12-26-19(25)23(2)3/h10-11,14H,5-9,12,20-21H2,1-4H3/b18-16-. The van der Waals surface area contributed by atoms with Gasteiger partial charge in [-0.1, -0.05) is 6.42 Å². The van der Waals surface area contributed by atoms with E-state index >= 15 is 0 Å². The maximum atomic E-state index is 11.7. The van der Waals surface area contributed by atoms with E-state index in [1.165, 1.54) is 29.2 Å². The summed E-state index contributed by atoms with van der Waals surface area (Å²) in [6.45, 7) is 1.85. The van der Waals surface area contributed by atoms with Crippen molar-refractivity contribution in [3.8, 4) is 5.75 Å². The average molecular weight is 377 g/mol. The maximum Gasteiger partial charge on any atom is 0.409 e. The molecule has 0 spiro atoms. The van der Waals surface area contributed by atoms with E-state index in [4.69, 9.17) is 21.1 Å². The molecule has 0 aliphatic heterocycles. The van der Waals surface area contributed by atoms with Crippen molar-refractivity contribution in [3.05, 3.63) is 29.2 Å². The molecule has 0 radical (unpaired) electrons. The van der Waals surface area contributed by atoms with E-state index in [0.29, 0.717) is 17.1 Å². The first kappa shape index (κ1) is 20.8. The number of ether oxygens (including phenoxy) is 2. The summed E-state index contributed by atoms with van der Waals surface area (Å²) in [4.78, 5) is 17.6. The second kappa shape index (κ2) is 9.45. The predicted octanol–water partition coefficient (Wildman–Crippen LogP) is 2.23. The van der Waals surface area contributed by atoms with Gasteiger partial charge in [-0.2, -0.15) is 0 Å². The van der Waals surface area contributed by atoms with Crippen LogP contribution in [-0.4, -0.2) is 54.8 Å². The Morgan fingerprint density at radius 3 is 2.44 bits per heavy atom. The van der Waals surface area contributed by atoms with Crippen molar-refractivity contribution in [2.45, 2.75) is 45.1 Å². The summed E-state index contributed by atoms with van der Waals surface area (Å²) in [7, 11) is 4.85. The van der Waals surface area contributed by atoms with Crippen LogP contribution in [0.3, 0.4) is 0 Å². The molecule has 1 saturated carbocycles. The Kier molecular flexibility index (Phi) is 7.29. The first-order chi connectivity index (χ1) is 12.8. The summed E-state index contributed by atoms with van der Waals surface area (Å²) in [6, 6.07) is 3.69. The average Bonchev–Trinajstić information content (AvgIpc) is 2.63. The minimum Gasteiger partial charge on any atom is -0.489 e. The Balaban J connectivity index is 2.16. The third kappa shape index (κ3) is 5.75. The fraction of sp³-hybridized carbons (Fsp3) is 0.579. The Morgan fingerprint density at radius 2 is 1.89 bits per heavy atom. The molecule has 0 aromatic carbocycles. The molecular formula is C19H31N5O3. The van der Waals surface area contributed by atoms with Gasteiger partial charge in [-0.15, -0.1) is 0 Å². The van der Waals surface area contributed by atoms with Crippen molar-refractivity contribution in [1.29, 1.82) is 0 Å². The van der Waals surface area contributed by atoms with E-state index < -0.39 is 6.09 Å². The Bertz CT molecular complexity index is 682. The molecule has 1 heterocycles. The van der Waals surface area contributed by atoms with Crippen LogP contribution in [0.2, 0.25) is 0 Å². The lowest BCUT2D eigenvalue weighted by Gasteiger charge is -2.24. The van der Waals surface area contributed by atoms with Crippen molar-refractivity contribution in [2.24, 2.45) is 11.6 Å². The van der Waals surface area contributed by atoms with Gasteiger partial charge in [-0.05, 0) is 44.7 Å². The van der Waals surface area contributed by atoms with Gasteiger partial charge in [0.15, 0.2) is 0 Å². The van der Waals surface area contributed by atoms with Crippen LogP contribution in [0, 0.1) is 6.92 Å². The Morgan fingerprint density at radius 1 is 1.22 bits per heavy atom. The van der Waals surface area contributed by atoms with Gasteiger partial charge in [0.2, 0.25) is 0 Å². The summed E-state index contributed by atoms with van der Waals surface area (Å²) < 4.78 is 11.3. The molecule has 1 amide bonds. The number of hydrazine groups is 1. The number of rotatable bonds is 6. The number of nitrogens with two attached hydrogens (primary N) is 2. The highest BCUT2D eigenvalue weighted by atomic mass is 16.6. The molecular weight excluding hydrogens is 346 g/mol. The molecule has 0 saturated heterocycles. The summed E-state index contributed by atoms with van der Waals surface area (Å²) >= 11 is 0. The molecule has 27 heavy (non-hydrogen) atoms. The van der Waals surface area contributed by atoms with Crippen LogP contribution in [0.1, 0.15) is 43.5 Å². The minimum atomic E-state index is -0.470. The largest absolute Gasteiger partial charge is 0.489 e. The number of aromatic nitrogens is 1. The van der Waals surface area contributed by atoms with Crippen LogP contribution in [0.4, 0.5) is 4.79 Å². The molecule has 8 heteroatoms. The number of likely N-dealkylation sites (N-methyl/N-ethyl adjacent to an activating group) is 1. The summed E-state index contributed by atoms with van der Waals surface area (Å²) in [5.74, 6) is 6.64. The van der Waals surface area contributed by atoms with Crippen LogP contribution < -0.4 is 16.3 Å². The lowest BCUT2D eigenvalue weighted by Crippen LogP contribution is -2.33. The van der Waals surface area contributed by atoms with E-state index in [-0.39, 0.29) is 12.7 Å². The van der Waals surface area contributed by atoms with Crippen LogP contribution in [0.15, 0.2) is 17.8 Å². The van der Waals surface area contributed by atoms with Gasteiger partial charge in [-0.25, -0.2) is 15.6 Å². The number of amides is 1. The highest BCUT2D eigenvalue weighted by Gasteiger charge is 2.18. The fourth-order valence-corrected chi connectivity index (χ4v) is 2.96. The molecule has 150 valence electrons. The molecule has 0 bridgehead atoms. The number of hydrogen-bond donors (Lipinski definition) is 2. The van der Waals surface area contributed by atoms with Gasteiger partial charge in [-0.3, -0.25) is 0 Å². The monoisotopic (exact) mass is 377 g/mol. The zero-order chi connectivity index (χ0) is 20.0. The molecule has 2 rings (SSSR count). The SMILES string of the molecule is Cc1nc(/C(N)=C(\COC(=O)N(C)C)N(C)N)ccc1OC1CCCCC1. The first-order valence-electron chi connectivity index (χ1n) is 9.25. The summed E-state index contributed by atoms with van der Waals surface area (Å²) in [5, 5.41) is 1.34. The van der Waals surface area contributed by atoms with Gasteiger partial charge in [0.1, 0.15) is 12.4 Å². The second-order valence-corrected chi connectivity index (χ2v) is 7.08. The van der Waals surface area contributed by atoms with E-state index in [9.17, 15) is 4.79 Å². The smallest absolute Gasteiger partial charge is 0.409 e. The lowest BCUT2D eigenvalue weighted by atomic mass is 9.98. The molecule has 8 nitrogen and oxygen atoms in total. The van der Waals surface area contributed by atoms with E-state index in [0.717, 1.165) is 24.3 Å². The lowest BCUT2D eigenvalue weighted by molar-refractivity contribution is 0.120. The summed E-state index contributed by atoms with van der Waals surface area (Å²) in [5.41, 5.74) is 8.42. The third-order valence-corrected chi connectivity index (χ3v) is 4.59. The van der Waals surface area contributed by atoms with Crippen molar-refractivity contribution in [2.75, 3.05) is 27.7 Å². The van der Waals surface area contributed by atoms with Crippen LogP contribution in [-0.2, 0) is 4.74 Å². The Labute approximate surface area is 161 Å². The van der Waals surface area contributed by atoms with Crippen molar-refractivity contribution < 1.29 is 14.3 Å². The normalized spacial score (nSPS) is 15.7. The molecule has 0 atom stereocenters. The highest BCUT2D eigenvalue weighted by Crippen LogP contribution is 2.26. The van der Waals surface area contributed by atoms with Crippen molar-refractivity contribution in [1.82, 2.24) is 14.9 Å². The van der Waals surface area contributed by atoms with Crippen molar-refractivity contribution >= 4 is 11.8 Å². The van der Waals surface area contributed by atoms with Gasteiger partial charge in [0.05, 0.1) is 28.9 Å². The number of aryl methyl sites for hydroxylation is 1. The second-order valence-electron chi connectivity index (χ2n) is 7.08. The van der Waals surface area contributed by atoms with Crippen molar-refractivity contribution in [3.63, 3.8) is 0 Å². The molecule has 1 fully saturated rings. The molecule has 1 aromatic rings. The molecule has 4 N–H and O–H groups in total. The first-order valence-corrected chi connectivity index (χ1v) is 9.25. The maximum absolute atomic E-state index is 11.7. The number of hydrogen-bond acceptors (Lipinski definition) is 7. The fourth-order valence-electron chi connectivity index (χ4n) is 2.96. The number of pyridine rings is 1. The van der Waals surface area contributed by atoms with E-state index in [1.807, 2.05) is 13.0 Å². The summed E-state index contributed by atoms with van der Waals surface area (Å²) in [6.07, 6.45) is 5.67. The zero-order valence-corrected chi connectivity index (χ0v) is 16.7. The minimum absolute atomic E-state index is 0.0447. The molecule has 1 aromatic heterocycles. The number of carbonyl (C=O) groups is 1. The Hall–Kier alpha value is -2.48. The third-order valence-electron chi connectivity index (χ3n) is 4.59. The molecule has 1 aliphatic carbocycles. The van der Waals surface area contributed by atoms with E-state index in [2.05, 4.69) is 4.98 Å². The zero-order valence-electron chi connectivity index (χ0n) is 16.7. The topological polar surface area (TPSA) is 107 Å². The quantitative estimate of drug-likeness (QED) is 0.578. The molecule has 0 unspecified atom stereocenters. The van der Waals surface area contributed by atoms with Gasteiger partial charge in [0.25, 0.3) is 0 Å².